The van der Waals surface area contributed by atoms with Crippen LogP contribution in [0.5, 0.6) is 0 Å². The van der Waals surface area contributed by atoms with E-state index in [1.807, 2.05) is 20.8 Å². The SMILES string of the molecule is CCC(C)C(=O)OCC1CC(=CCC/C(C)=C/OOC)C1(C)C. The van der Waals surface area contributed by atoms with Crippen molar-refractivity contribution in [3.8, 4) is 0 Å². The maximum absolute atomic E-state index is 11.8. The van der Waals surface area contributed by atoms with E-state index in [0.717, 1.165) is 31.3 Å². The second-order valence-electron chi connectivity index (χ2n) is 7.06. The highest BCUT2D eigenvalue weighted by Crippen LogP contribution is 2.51. The van der Waals surface area contributed by atoms with Crippen LogP contribution in [0.15, 0.2) is 23.5 Å². The van der Waals surface area contributed by atoms with E-state index in [1.165, 1.54) is 12.7 Å². The monoisotopic (exact) mass is 324 g/mol. The minimum atomic E-state index is -0.0698. The van der Waals surface area contributed by atoms with Gasteiger partial charge in [-0.3, -0.25) is 4.79 Å². The Balaban J connectivity index is 2.40. The molecule has 0 N–H and O–H groups in total. The van der Waals surface area contributed by atoms with Crippen LogP contribution in [-0.2, 0) is 19.3 Å². The van der Waals surface area contributed by atoms with Crippen molar-refractivity contribution < 1.29 is 19.3 Å². The summed E-state index contributed by atoms with van der Waals surface area (Å²) in [6.45, 7) is 11.0. The topological polar surface area (TPSA) is 44.8 Å². The van der Waals surface area contributed by atoms with E-state index in [9.17, 15) is 4.79 Å². The highest BCUT2D eigenvalue weighted by atomic mass is 17.2. The van der Waals surface area contributed by atoms with E-state index in [0.29, 0.717) is 12.5 Å². The van der Waals surface area contributed by atoms with Crippen LogP contribution in [-0.4, -0.2) is 19.7 Å². The van der Waals surface area contributed by atoms with Gasteiger partial charge >= 0.3 is 5.97 Å². The standard InChI is InChI=1S/C19H32O4/c1-7-15(3)18(20)22-13-17-11-16(19(17,4)5)10-8-9-14(2)12-23-21-6/h10,12,15,17H,7-9,11,13H2,1-6H3/b14-12+,16-10?. The van der Waals surface area contributed by atoms with E-state index in [4.69, 9.17) is 9.62 Å². The van der Waals surface area contributed by atoms with E-state index >= 15 is 0 Å². The lowest BCUT2D eigenvalue weighted by Crippen LogP contribution is -2.41. The molecule has 1 rings (SSSR count). The quantitative estimate of drug-likeness (QED) is 0.201. The number of hydrogen-bond donors (Lipinski definition) is 0. The Labute approximate surface area is 140 Å². The van der Waals surface area contributed by atoms with Crippen molar-refractivity contribution in [2.75, 3.05) is 13.7 Å². The van der Waals surface area contributed by atoms with Gasteiger partial charge in [-0.2, -0.15) is 4.89 Å². The van der Waals surface area contributed by atoms with E-state index in [1.54, 1.807) is 6.26 Å². The third-order valence-corrected chi connectivity index (χ3v) is 5.03. The molecule has 2 unspecified atom stereocenters. The number of rotatable bonds is 9. The molecule has 4 nitrogen and oxygen atoms in total. The Morgan fingerprint density at radius 3 is 2.70 bits per heavy atom. The lowest BCUT2D eigenvalue weighted by Gasteiger charge is -2.47. The van der Waals surface area contributed by atoms with Gasteiger partial charge in [-0.05, 0) is 43.6 Å². The summed E-state index contributed by atoms with van der Waals surface area (Å²) >= 11 is 0. The minimum absolute atomic E-state index is 0.00252. The summed E-state index contributed by atoms with van der Waals surface area (Å²) in [6, 6.07) is 0. The van der Waals surface area contributed by atoms with E-state index in [-0.39, 0.29) is 17.3 Å². The van der Waals surface area contributed by atoms with Gasteiger partial charge in [0, 0.05) is 5.92 Å². The van der Waals surface area contributed by atoms with Crippen LogP contribution in [0.25, 0.3) is 0 Å². The molecule has 4 heteroatoms. The van der Waals surface area contributed by atoms with Crippen LogP contribution in [0.1, 0.15) is 60.3 Å². The molecular weight excluding hydrogens is 292 g/mol. The number of carbonyl (C=O) groups is 1. The number of esters is 1. The summed E-state index contributed by atoms with van der Waals surface area (Å²) in [5.74, 6) is 0.354. The van der Waals surface area contributed by atoms with Gasteiger partial charge in [0.1, 0.15) is 6.26 Å². The van der Waals surface area contributed by atoms with Gasteiger partial charge in [-0.25, -0.2) is 0 Å². The number of allylic oxidation sites excluding steroid dienone is 3. The van der Waals surface area contributed by atoms with Crippen molar-refractivity contribution in [1.29, 1.82) is 0 Å². The van der Waals surface area contributed by atoms with Crippen LogP contribution in [0.2, 0.25) is 0 Å². The molecule has 0 amide bonds. The van der Waals surface area contributed by atoms with Crippen molar-refractivity contribution in [2.45, 2.75) is 60.3 Å². The number of ether oxygens (including phenoxy) is 1. The summed E-state index contributed by atoms with van der Waals surface area (Å²) in [5.41, 5.74) is 2.73. The molecule has 0 spiro atoms. The number of hydrogen-bond acceptors (Lipinski definition) is 4. The average molecular weight is 324 g/mol. The second kappa shape index (κ2) is 9.11. The first kappa shape index (κ1) is 19.8. The molecular formula is C19H32O4. The first-order valence-corrected chi connectivity index (χ1v) is 8.54. The van der Waals surface area contributed by atoms with Gasteiger partial charge in [-0.15, -0.1) is 0 Å². The van der Waals surface area contributed by atoms with Crippen molar-refractivity contribution in [2.24, 2.45) is 17.3 Å². The molecule has 1 aliphatic carbocycles. The molecule has 132 valence electrons. The van der Waals surface area contributed by atoms with Gasteiger partial charge in [-0.1, -0.05) is 39.3 Å². The molecule has 0 aromatic rings. The Hall–Kier alpha value is -1.29. The van der Waals surface area contributed by atoms with Crippen molar-refractivity contribution in [3.63, 3.8) is 0 Å². The number of carbonyl (C=O) groups excluding carboxylic acids is 1. The van der Waals surface area contributed by atoms with Crippen molar-refractivity contribution in [1.82, 2.24) is 0 Å². The molecule has 1 fully saturated rings. The molecule has 0 saturated heterocycles. The van der Waals surface area contributed by atoms with Gasteiger partial charge in [0.05, 0.1) is 19.6 Å². The lowest BCUT2D eigenvalue weighted by molar-refractivity contribution is -0.223. The van der Waals surface area contributed by atoms with Gasteiger partial charge < -0.3 is 9.62 Å². The van der Waals surface area contributed by atoms with Crippen LogP contribution in [0.4, 0.5) is 0 Å². The zero-order valence-electron chi connectivity index (χ0n) is 15.5. The second-order valence-corrected chi connectivity index (χ2v) is 7.06. The summed E-state index contributed by atoms with van der Waals surface area (Å²) in [4.78, 5) is 21.1. The molecule has 0 aromatic heterocycles. The summed E-state index contributed by atoms with van der Waals surface area (Å²) in [5, 5.41) is 0. The van der Waals surface area contributed by atoms with E-state index in [2.05, 4.69) is 24.8 Å². The largest absolute Gasteiger partial charge is 0.465 e. The molecule has 2 atom stereocenters. The molecule has 23 heavy (non-hydrogen) atoms. The molecule has 1 aliphatic rings. The molecule has 0 radical (unpaired) electrons. The van der Waals surface area contributed by atoms with E-state index < -0.39 is 0 Å². The van der Waals surface area contributed by atoms with Crippen LogP contribution in [0.3, 0.4) is 0 Å². The summed E-state index contributed by atoms with van der Waals surface area (Å²) < 4.78 is 5.46. The average Bonchev–Trinajstić information content (AvgIpc) is 2.53. The Morgan fingerprint density at radius 2 is 2.13 bits per heavy atom. The van der Waals surface area contributed by atoms with Gasteiger partial charge in [0.25, 0.3) is 0 Å². The summed E-state index contributed by atoms with van der Waals surface area (Å²) in [7, 11) is 1.50. The highest BCUT2D eigenvalue weighted by molar-refractivity contribution is 5.71. The predicted octanol–water partition coefficient (Wildman–Crippen LogP) is 4.81. The molecule has 0 aliphatic heterocycles. The molecule has 1 saturated carbocycles. The fourth-order valence-corrected chi connectivity index (χ4v) is 2.68. The fraction of sp³-hybridized carbons (Fsp3) is 0.737. The first-order chi connectivity index (χ1) is 10.8. The van der Waals surface area contributed by atoms with Crippen molar-refractivity contribution >= 4 is 5.97 Å². The molecule has 0 heterocycles. The Bertz CT molecular complexity index is 448. The Kier molecular flexibility index (Phi) is 7.83. The van der Waals surface area contributed by atoms with Gasteiger partial charge in [0.15, 0.2) is 0 Å². The normalized spacial score (nSPS) is 23.3. The third-order valence-electron chi connectivity index (χ3n) is 5.03. The lowest BCUT2D eigenvalue weighted by atomic mass is 9.58. The zero-order chi connectivity index (χ0) is 17.5. The maximum Gasteiger partial charge on any atom is 0.308 e. The molecule has 0 bridgehead atoms. The van der Waals surface area contributed by atoms with Crippen LogP contribution >= 0.6 is 0 Å². The maximum atomic E-state index is 11.8. The molecule has 0 aromatic carbocycles. The van der Waals surface area contributed by atoms with Crippen molar-refractivity contribution in [3.05, 3.63) is 23.5 Å². The smallest absolute Gasteiger partial charge is 0.308 e. The Morgan fingerprint density at radius 1 is 1.43 bits per heavy atom. The van der Waals surface area contributed by atoms with Crippen LogP contribution in [0, 0.1) is 17.3 Å². The van der Waals surface area contributed by atoms with Gasteiger partial charge in [0.2, 0.25) is 0 Å². The zero-order valence-corrected chi connectivity index (χ0v) is 15.5. The third kappa shape index (κ3) is 5.69. The highest BCUT2D eigenvalue weighted by Gasteiger charge is 2.43. The summed E-state index contributed by atoms with van der Waals surface area (Å²) in [6.07, 6.45) is 7.76. The predicted molar refractivity (Wildman–Crippen MR) is 91.5 cm³/mol. The minimum Gasteiger partial charge on any atom is -0.465 e. The first-order valence-electron chi connectivity index (χ1n) is 8.54. The fourth-order valence-electron chi connectivity index (χ4n) is 2.68. The van der Waals surface area contributed by atoms with Crippen LogP contribution < -0.4 is 0 Å².